The van der Waals surface area contributed by atoms with E-state index < -0.39 is 0 Å². The molecule has 0 aliphatic heterocycles. The summed E-state index contributed by atoms with van der Waals surface area (Å²) in [5.41, 5.74) is 5.26. The van der Waals surface area contributed by atoms with Crippen molar-refractivity contribution in [1.29, 1.82) is 0 Å². The first-order valence-corrected chi connectivity index (χ1v) is 13.3. The van der Waals surface area contributed by atoms with Crippen molar-refractivity contribution in [2.75, 3.05) is 0 Å². The second kappa shape index (κ2) is 9.80. The van der Waals surface area contributed by atoms with Gasteiger partial charge in [-0.05, 0) is 113 Å². The van der Waals surface area contributed by atoms with Gasteiger partial charge in [-0.15, -0.1) is 0 Å². The lowest BCUT2D eigenvalue weighted by Gasteiger charge is -2.39. The zero-order valence-electron chi connectivity index (χ0n) is 21.6. The van der Waals surface area contributed by atoms with E-state index in [9.17, 15) is 4.79 Å². The highest BCUT2D eigenvalue weighted by atomic mass is 16.6. The Morgan fingerprint density at radius 2 is 1.79 bits per heavy atom. The number of rotatable bonds is 6. The van der Waals surface area contributed by atoms with Crippen molar-refractivity contribution >= 4 is 5.97 Å². The van der Waals surface area contributed by atoms with Gasteiger partial charge in [0.2, 0.25) is 0 Å². The van der Waals surface area contributed by atoms with E-state index in [-0.39, 0.29) is 17.0 Å². The maximum absolute atomic E-state index is 12.8. The van der Waals surface area contributed by atoms with Crippen molar-refractivity contribution in [2.24, 2.45) is 23.2 Å². The number of ether oxygens (including phenoxy) is 1. The molecule has 2 heteroatoms. The average molecular weight is 449 g/mol. The molecule has 0 amide bonds. The Morgan fingerprint density at radius 3 is 2.58 bits per heavy atom. The Morgan fingerprint density at radius 1 is 1.00 bits per heavy atom. The minimum atomic E-state index is -0.183. The highest BCUT2D eigenvalue weighted by Gasteiger charge is 2.51. The van der Waals surface area contributed by atoms with Gasteiger partial charge < -0.3 is 4.74 Å². The molecule has 33 heavy (non-hydrogen) atoms. The first-order chi connectivity index (χ1) is 15.7. The molecule has 0 saturated heterocycles. The highest BCUT2D eigenvalue weighted by molar-refractivity contribution is 5.83. The standard InChI is InChI=1S/C31H44O2/c1-22(13-14-28-24(3)11-7-15-30(28,4)5)9-6-10-23(2)17-29(32)33-31-16-8-12-26-18-25(20-31)19-27(26)21-31/h6,9-10,13-14,17,25-27H,7-8,11-12,15-16,18-21H2,1-5H3/b10-6+,14-13+,22-9+,23-17+. The molecule has 3 fully saturated rings. The Balaban J connectivity index is 1.34. The van der Waals surface area contributed by atoms with E-state index >= 15 is 0 Å². The molecule has 4 unspecified atom stereocenters. The third-order valence-electron chi connectivity index (χ3n) is 8.88. The van der Waals surface area contributed by atoms with E-state index in [1.54, 1.807) is 6.08 Å². The van der Waals surface area contributed by atoms with Crippen LogP contribution in [0.25, 0.3) is 0 Å². The van der Waals surface area contributed by atoms with Crippen LogP contribution in [0.3, 0.4) is 0 Å². The lowest BCUT2D eigenvalue weighted by Crippen LogP contribution is -2.40. The van der Waals surface area contributed by atoms with Crippen LogP contribution in [0.2, 0.25) is 0 Å². The maximum atomic E-state index is 12.8. The maximum Gasteiger partial charge on any atom is 0.331 e. The molecule has 180 valence electrons. The van der Waals surface area contributed by atoms with Gasteiger partial charge in [0, 0.05) is 6.08 Å². The number of esters is 1. The summed E-state index contributed by atoms with van der Waals surface area (Å²) in [6.07, 6.45) is 24.7. The number of hydrogen-bond acceptors (Lipinski definition) is 2. The van der Waals surface area contributed by atoms with Crippen molar-refractivity contribution in [3.63, 3.8) is 0 Å². The summed E-state index contributed by atoms with van der Waals surface area (Å²) in [6, 6.07) is 0. The summed E-state index contributed by atoms with van der Waals surface area (Å²) in [6.45, 7) is 11.1. The molecule has 4 aliphatic rings. The number of carbonyl (C=O) groups is 1. The first-order valence-electron chi connectivity index (χ1n) is 13.3. The third kappa shape index (κ3) is 5.81. The molecule has 0 aromatic rings. The largest absolute Gasteiger partial charge is 0.456 e. The summed E-state index contributed by atoms with van der Waals surface area (Å²) in [4.78, 5) is 12.8. The quantitative estimate of drug-likeness (QED) is 0.231. The molecule has 0 heterocycles. The minimum Gasteiger partial charge on any atom is -0.456 e. The molecule has 0 aromatic heterocycles. The molecule has 4 atom stereocenters. The molecule has 4 rings (SSSR count). The predicted molar refractivity (Wildman–Crippen MR) is 138 cm³/mol. The van der Waals surface area contributed by atoms with Crippen LogP contribution < -0.4 is 0 Å². The van der Waals surface area contributed by atoms with Crippen LogP contribution in [0.1, 0.15) is 98.8 Å². The van der Waals surface area contributed by atoms with Crippen LogP contribution in [0.15, 0.2) is 58.7 Å². The monoisotopic (exact) mass is 448 g/mol. The van der Waals surface area contributed by atoms with E-state index in [0.29, 0.717) is 0 Å². The molecule has 3 bridgehead atoms. The summed E-state index contributed by atoms with van der Waals surface area (Å²) in [5, 5.41) is 0. The zero-order valence-corrected chi connectivity index (χ0v) is 21.6. The lowest BCUT2D eigenvalue weighted by molar-refractivity contribution is -0.160. The van der Waals surface area contributed by atoms with E-state index in [2.05, 4.69) is 45.9 Å². The second-order valence-corrected chi connectivity index (χ2v) is 12.2. The Kier molecular flexibility index (Phi) is 7.22. The Labute approximate surface area is 201 Å². The fourth-order valence-corrected chi connectivity index (χ4v) is 7.33. The normalized spacial score (nSPS) is 34.4. The SMILES string of the molecule is CC1=C(/C=C/C(C)=C/C=C/C(C)=C/C(=O)OC23CCCC4CC(CC4C2)C3)C(C)(C)CCC1. The topological polar surface area (TPSA) is 26.3 Å². The second-order valence-electron chi connectivity index (χ2n) is 12.2. The van der Waals surface area contributed by atoms with Crippen LogP contribution in [0, 0.1) is 23.2 Å². The third-order valence-corrected chi connectivity index (χ3v) is 8.88. The van der Waals surface area contributed by atoms with Gasteiger partial charge >= 0.3 is 5.97 Å². The Bertz CT molecular complexity index is 909. The molecule has 0 aromatic carbocycles. The smallest absolute Gasteiger partial charge is 0.331 e. The minimum absolute atomic E-state index is 0.153. The Hall–Kier alpha value is -1.83. The van der Waals surface area contributed by atoms with Gasteiger partial charge in [0.25, 0.3) is 0 Å². The number of allylic oxidation sites excluding steroid dienone is 9. The average Bonchev–Trinajstić information content (AvgIpc) is 2.93. The van der Waals surface area contributed by atoms with Gasteiger partial charge in [0.05, 0.1) is 0 Å². The number of carbonyl (C=O) groups excluding carboxylic acids is 1. The van der Waals surface area contributed by atoms with E-state index in [0.717, 1.165) is 42.6 Å². The number of fused-ring (bicyclic) bond motifs is 2. The van der Waals surface area contributed by atoms with Crippen molar-refractivity contribution < 1.29 is 9.53 Å². The van der Waals surface area contributed by atoms with Crippen LogP contribution in [-0.2, 0) is 9.53 Å². The predicted octanol–water partition coefficient (Wildman–Crippen LogP) is 8.42. The van der Waals surface area contributed by atoms with Gasteiger partial charge in [-0.3, -0.25) is 0 Å². The van der Waals surface area contributed by atoms with E-state index in [1.165, 1.54) is 61.7 Å². The van der Waals surface area contributed by atoms with E-state index in [4.69, 9.17) is 4.74 Å². The molecular formula is C31H44O2. The molecule has 3 saturated carbocycles. The molecule has 0 radical (unpaired) electrons. The lowest BCUT2D eigenvalue weighted by atomic mass is 9.72. The van der Waals surface area contributed by atoms with Crippen LogP contribution >= 0.6 is 0 Å². The highest BCUT2D eigenvalue weighted by Crippen LogP contribution is 2.56. The van der Waals surface area contributed by atoms with Crippen LogP contribution in [0.5, 0.6) is 0 Å². The van der Waals surface area contributed by atoms with E-state index in [1.807, 2.05) is 19.1 Å². The summed E-state index contributed by atoms with van der Waals surface area (Å²) in [7, 11) is 0. The molecule has 2 nitrogen and oxygen atoms in total. The van der Waals surface area contributed by atoms with Gasteiger partial charge in [-0.2, -0.15) is 0 Å². The van der Waals surface area contributed by atoms with Crippen molar-refractivity contribution in [3.8, 4) is 0 Å². The molecular weight excluding hydrogens is 404 g/mol. The van der Waals surface area contributed by atoms with Gasteiger partial charge in [0.1, 0.15) is 5.60 Å². The van der Waals surface area contributed by atoms with Crippen molar-refractivity contribution in [3.05, 3.63) is 58.7 Å². The van der Waals surface area contributed by atoms with Gasteiger partial charge in [0.15, 0.2) is 0 Å². The summed E-state index contributed by atoms with van der Waals surface area (Å²) in [5.74, 6) is 2.32. The fraction of sp³-hybridized carbons (Fsp3) is 0.645. The summed E-state index contributed by atoms with van der Waals surface area (Å²) < 4.78 is 6.18. The van der Waals surface area contributed by atoms with Gasteiger partial charge in [-0.1, -0.05) is 61.8 Å². The van der Waals surface area contributed by atoms with Gasteiger partial charge in [-0.25, -0.2) is 4.79 Å². The zero-order chi connectivity index (χ0) is 23.6. The molecule has 0 spiro atoms. The molecule has 0 N–H and O–H groups in total. The van der Waals surface area contributed by atoms with Crippen LogP contribution in [0.4, 0.5) is 0 Å². The fourth-order valence-electron chi connectivity index (χ4n) is 7.33. The summed E-state index contributed by atoms with van der Waals surface area (Å²) >= 11 is 0. The van der Waals surface area contributed by atoms with Crippen molar-refractivity contribution in [2.45, 2.75) is 104 Å². The number of hydrogen-bond donors (Lipinski definition) is 0. The van der Waals surface area contributed by atoms with Crippen LogP contribution in [-0.4, -0.2) is 11.6 Å². The van der Waals surface area contributed by atoms with Crippen molar-refractivity contribution in [1.82, 2.24) is 0 Å². The first kappa shape index (κ1) is 24.3. The molecule has 4 aliphatic carbocycles.